The Kier molecular flexibility index (Phi) is 4.63. The van der Waals surface area contributed by atoms with Crippen molar-refractivity contribution in [3.05, 3.63) is 146 Å². The Hall–Kier alpha value is -5.38. The third-order valence-electron chi connectivity index (χ3n) is 9.19. The third kappa shape index (κ3) is 3.23. The fraction of sp³-hybridized carbons (Fsp3) is 0. The van der Waals surface area contributed by atoms with Gasteiger partial charge in [-0.2, -0.15) is 0 Å². The highest BCUT2D eigenvalue weighted by Gasteiger charge is 2.17. The van der Waals surface area contributed by atoms with Crippen LogP contribution in [0.4, 0.5) is 0 Å². The summed E-state index contributed by atoms with van der Waals surface area (Å²) in [4.78, 5) is 0. The highest BCUT2D eigenvalue weighted by atomic mass is 28.2. The minimum Gasteiger partial charge on any atom is -0.309 e. The Morgan fingerprint density at radius 2 is 0.605 bits per heavy atom. The van der Waals surface area contributed by atoms with E-state index in [0.29, 0.717) is 9.52 Å². The van der Waals surface area contributed by atoms with E-state index in [-0.39, 0.29) is 0 Å². The van der Waals surface area contributed by atoms with Gasteiger partial charge in [0.1, 0.15) is 9.52 Å². The molecule has 0 saturated heterocycles. The minimum atomic E-state index is 0.598. The first-order valence-electron chi connectivity index (χ1n) is 14.8. The number of hydrogen-bond acceptors (Lipinski definition) is 0. The average molecular weight is 561 g/mol. The maximum atomic E-state index is 2.42. The van der Waals surface area contributed by atoms with Crippen LogP contribution in [-0.4, -0.2) is 18.7 Å². The van der Waals surface area contributed by atoms with Crippen molar-refractivity contribution in [2.75, 3.05) is 0 Å². The predicted molar refractivity (Wildman–Crippen MR) is 184 cm³/mol. The number of benzene rings is 8. The molecule has 0 amide bonds. The SMILES string of the molecule is c1cc2ccc3cccc4c3c2c(c1)n4-c1ccc([Si]c2ccc(-n3c4cccc5ccc6cccc3c6c54)cc2)cc1. The second-order valence-corrected chi connectivity index (χ2v) is 12.9. The zero-order valence-electron chi connectivity index (χ0n) is 23.3. The molecule has 0 spiro atoms. The van der Waals surface area contributed by atoms with Crippen LogP contribution in [-0.2, 0) is 0 Å². The molecule has 10 rings (SSSR count). The zero-order valence-corrected chi connectivity index (χ0v) is 24.3. The smallest absolute Gasteiger partial charge is 0.121 e. The molecule has 8 aromatic carbocycles. The second kappa shape index (κ2) is 8.57. The topological polar surface area (TPSA) is 9.86 Å². The standard InChI is InChI=1S/C40H24N2Si/c1-5-25-13-14-26-6-2-10-34-38(26)37(25)33(9-1)41(34)29-17-21-31(22-18-29)43-32-23-19-30(20-24-32)42-35-11-3-7-27-15-16-28-8-4-12-36(42)40(28)39(27)35/h1-24H. The van der Waals surface area contributed by atoms with E-state index in [4.69, 9.17) is 0 Å². The number of nitrogens with zero attached hydrogens (tertiary/aromatic N) is 2. The van der Waals surface area contributed by atoms with Crippen LogP contribution >= 0.6 is 0 Å². The molecular formula is C40H24N2Si. The lowest BCUT2D eigenvalue weighted by Gasteiger charge is -2.10. The molecule has 0 N–H and O–H groups in total. The van der Waals surface area contributed by atoms with E-state index in [1.807, 2.05) is 0 Å². The summed E-state index contributed by atoms with van der Waals surface area (Å²) in [5.41, 5.74) is 7.49. The second-order valence-electron chi connectivity index (χ2n) is 11.5. The highest BCUT2D eigenvalue weighted by molar-refractivity contribution is 6.67. The number of hydrogen-bond donors (Lipinski definition) is 0. The van der Waals surface area contributed by atoms with Gasteiger partial charge in [0.2, 0.25) is 0 Å². The van der Waals surface area contributed by atoms with Crippen molar-refractivity contribution in [1.29, 1.82) is 0 Å². The summed E-state index contributed by atoms with van der Waals surface area (Å²) in [6, 6.07) is 53.8. The minimum absolute atomic E-state index is 0.598. The van der Waals surface area contributed by atoms with Crippen molar-refractivity contribution in [2.24, 2.45) is 0 Å². The molecule has 0 aliphatic carbocycles. The van der Waals surface area contributed by atoms with E-state index < -0.39 is 0 Å². The largest absolute Gasteiger partial charge is 0.309 e. The van der Waals surface area contributed by atoms with Crippen molar-refractivity contribution in [2.45, 2.75) is 0 Å². The van der Waals surface area contributed by atoms with Crippen LogP contribution in [0, 0.1) is 0 Å². The zero-order chi connectivity index (χ0) is 28.1. The van der Waals surface area contributed by atoms with Crippen LogP contribution < -0.4 is 10.4 Å². The monoisotopic (exact) mass is 560 g/mol. The van der Waals surface area contributed by atoms with Crippen molar-refractivity contribution < 1.29 is 0 Å². The molecule has 2 radical (unpaired) electrons. The summed E-state index contributed by atoms with van der Waals surface area (Å²) >= 11 is 0. The lowest BCUT2D eigenvalue weighted by atomic mass is 10.0. The summed E-state index contributed by atoms with van der Waals surface area (Å²) in [7, 11) is 0.598. The first-order chi connectivity index (χ1) is 21.3. The molecule has 198 valence electrons. The fourth-order valence-electron chi connectivity index (χ4n) is 7.35. The Balaban J connectivity index is 1.01. The fourth-order valence-corrected chi connectivity index (χ4v) is 8.35. The molecule has 3 heteroatoms. The van der Waals surface area contributed by atoms with E-state index >= 15 is 0 Å². The van der Waals surface area contributed by atoms with Crippen LogP contribution in [0.5, 0.6) is 0 Å². The van der Waals surface area contributed by atoms with E-state index in [1.165, 1.54) is 86.9 Å². The van der Waals surface area contributed by atoms with Gasteiger partial charge >= 0.3 is 0 Å². The third-order valence-corrected chi connectivity index (χ3v) is 10.4. The molecule has 0 bridgehead atoms. The molecule has 2 aromatic heterocycles. The predicted octanol–water partition coefficient (Wildman–Crippen LogP) is 8.72. The Bertz CT molecular complexity index is 2300. The van der Waals surface area contributed by atoms with Crippen LogP contribution in [0.3, 0.4) is 0 Å². The summed E-state index contributed by atoms with van der Waals surface area (Å²) < 4.78 is 4.84. The van der Waals surface area contributed by atoms with Gasteiger partial charge in [0.25, 0.3) is 0 Å². The van der Waals surface area contributed by atoms with Gasteiger partial charge < -0.3 is 9.13 Å². The summed E-state index contributed by atoms with van der Waals surface area (Å²) in [6.07, 6.45) is 0. The van der Waals surface area contributed by atoms with Crippen LogP contribution in [0.1, 0.15) is 0 Å². The molecule has 0 aliphatic rings. The Labute approximate surface area is 250 Å². The highest BCUT2D eigenvalue weighted by Crippen LogP contribution is 2.39. The lowest BCUT2D eigenvalue weighted by Crippen LogP contribution is -2.26. The van der Waals surface area contributed by atoms with Crippen molar-refractivity contribution >= 4 is 85.0 Å². The maximum Gasteiger partial charge on any atom is 0.121 e. The Morgan fingerprint density at radius 1 is 0.302 bits per heavy atom. The Morgan fingerprint density at radius 3 is 0.907 bits per heavy atom. The van der Waals surface area contributed by atoms with Crippen LogP contribution in [0.15, 0.2) is 146 Å². The number of rotatable bonds is 4. The van der Waals surface area contributed by atoms with Gasteiger partial charge in [-0.25, -0.2) is 0 Å². The van der Waals surface area contributed by atoms with E-state index in [2.05, 4.69) is 155 Å². The molecule has 0 atom stereocenters. The van der Waals surface area contributed by atoms with Gasteiger partial charge in [-0.05, 0) is 70.1 Å². The van der Waals surface area contributed by atoms with Crippen molar-refractivity contribution in [1.82, 2.24) is 9.13 Å². The normalized spacial score (nSPS) is 12.3. The van der Waals surface area contributed by atoms with Crippen molar-refractivity contribution in [3.63, 3.8) is 0 Å². The van der Waals surface area contributed by atoms with Gasteiger partial charge in [0.05, 0.1) is 22.1 Å². The lowest BCUT2D eigenvalue weighted by molar-refractivity contribution is 1.18. The maximum absolute atomic E-state index is 2.42. The molecule has 0 aliphatic heterocycles. The van der Waals surface area contributed by atoms with Gasteiger partial charge in [-0.1, -0.05) is 107 Å². The van der Waals surface area contributed by atoms with Gasteiger partial charge in [0.15, 0.2) is 0 Å². The molecule has 0 fully saturated rings. The van der Waals surface area contributed by atoms with E-state index in [9.17, 15) is 0 Å². The average Bonchev–Trinajstić information content (AvgIpc) is 3.59. The molecule has 10 aromatic rings. The molecule has 2 heterocycles. The van der Waals surface area contributed by atoms with Crippen LogP contribution in [0.2, 0.25) is 0 Å². The van der Waals surface area contributed by atoms with Gasteiger partial charge in [-0.3, -0.25) is 0 Å². The number of aromatic nitrogens is 2. The quantitative estimate of drug-likeness (QED) is 0.150. The molecule has 2 nitrogen and oxygen atoms in total. The molecule has 0 saturated carbocycles. The van der Waals surface area contributed by atoms with Gasteiger partial charge in [-0.15, -0.1) is 0 Å². The summed E-state index contributed by atoms with van der Waals surface area (Å²) in [5.74, 6) is 0. The van der Waals surface area contributed by atoms with Gasteiger partial charge in [0, 0.05) is 32.9 Å². The summed E-state index contributed by atoms with van der Waals surface area (Å²) in [5, 5.41) is 13.3. The molecule has 43 heavy (non-hydrogen) atoms. The van der Waals surface area contributed by atoms with Crippen LogP contribution in [0.25, 0.3) is 76.5 Å². The van der Waals surface area contributed by atoms with Crippen molar-refractivity contribution in [3.8, 4) is 11.4 Å². The molecular weight excluding hydrogens is 537 g/mol. The first kappa shape index (κ1) is 23.2. The summed E-state index contributed by atoms with van der Waals surface area (Å²) in [6.45, 7) is 0. The van der Waals surface area contributed by atoms with E-state index in [0.717, 1.165) is 0 Å². The van der Waals surface area contributed by atoms with E-state index in [1.54, 1.807) is 0 Å². The molecule has 0 unspecified atom stereocenters. The first-order valence-corrected chi connectivity index (χ1v) is 15.8.